The quantitative estimate of drug-likeness (QED) is 0.909. The molecule has 1 aromatic rings. The van der Waals surface area contributed by atoms with Crippen molar-refractivity contribution in [1.82, 2.24) is 15.0 Å². The van der Waals surface area contributed by atoms with Crippen molar-refractivity contribution in [2.24, 2.45) is 5.41 Å². The molecule has 0 radical (unpaired) electrons. The van der Waals surface area contributed by atoms with Crippen LogP contribution in [0.5, 0.6) is 0 Å². The van der Waals surface area contributed by atoms with Crippen molar-refractivity contribution in [2.75, 3.05) is 38.0 Å². The maximum atomic E-state index is 12.2. The predicted octanol–water partition coefficient (Wildman–Crippen LogP) is 1.50. The van der Waals surface area contributed by atoms with Gasteiger partial charge in [-0.1, -0.05) is 25.9 Å². The highest BCUT2D eigenvalue weighted by atomic mass is 16.5. The fraction of sp³-hybridized carbons (Fsp3) is 0.688. The lowest BCUT2D eigenvalue weighted by Crippen LogP contribution is -2.50. The Labute approximate surface area is 137 Å². The van der Waals surface area contributed by atoms with Gasteiger partial charge in [0, 0.05) is 38.7 Å². The largest absolute Gasteiger partial charge is 0.360 e. The van der Waals surface area contributed by atoms with Crippen molar-refractivity contribution in [3.63, 3.8) is 0 Å². The van der Waals surface area contributed by atoms with Crippen LogP contribution in [0.2, 0.25) is 0 Å². The van der Waals surface area contributed by atoms with Gasteiger partial charge in [-0.3, -0.25) is 14.5 Å². The number of hydrogen-bond acceptors (Lipinski definition) is 5. The van der Waals surface area contributed by atoms with Gasteiger partial charge in [0.05, 0.1) is 6.54 Å². The van der Waals surface area contributed by atoms with Gasteiger partial charge in [0.1, 0.15) is 5.76 Å². The zero-order valence-corrected chi connectivity index (χ0v) is 14.4. The first-order valence-electron chi connectivity index (χ1n) is 7.96. The van der Waals surface area contributed by atoms with Gasteiger partial charge in [0.25, 0.3) is 0 Å². The lowest BCUT2D eigenvalue weighted by Gasteiger charge is -2.35. The topological polar surface area (TPSA) is 78.7 Å². The van der Waals surface area contributed by atoms with Crippen LogP contribution in [0.3, 0.4) is 0 Å². The third kappa shape index (κ3) is 5.67. The fourth-order valence-electron chi connectivity index (χ4n) is 2.53. The molecule has 7 nitrogen and oxygen atoms in total. The Bertz CT molecular complexity index is 554. The number of piperazine rings is 1. The number of rotatable bonds is 4. The van der Waals surface area contributed by atoms with E-state index in [4.69, 9.17) is 4.52 Å². The van der Waals surface area contributed by atoms with E-state index in [1.54, 1.807) is 13.0 Å². The van der Waals surface area contributed by atoms with Gasteiger partial charge < -0.3 is 14.7 Å². The Morgan fingerprint density at radius 1 is 1.26 bits per heavy atom. The second kappa shape index (κ2) is 7.12. The number of nitrogens with one attached hydrogen (secondary N) is 1. The summed E-state index contributed by atoms with van der Waals surface area (Å²) in [5.74, 6) is 1.17. The number of carbonyl (C=O) groups is 2. The smallest absolute Gasteiger partial charge is 0.239 e. The van der Waals surface area contributed by atoms with Crippen molar-refractivity contribution in [3.05, 3.63) is 11.8 Å². The molecule has 0 aromatic carbocycles. The van der Waals surface area contributed by atoms with Gasteiger partial charge >= 0.3 is 0 Å². The lowest BCUT2D eigenvalue weighted by molar-refractivity contribution is -0.134. The van der Waals surface area contributed by atoms with Crippen molar-refractivity contribution in [1.29, 1.82) is 0 Å². The van der Waals surface area contributed by atoms with E-state index < -0.39 is 0 Å². The molecular weight excluding hydrogens is 296 g/mol. The standard InChI is InChI=1S/C16H26N4O3/c1-12-9-13(18-23-12)17-14(21)11-19-5-7-20(8-6-19)15(22)10-16(2,3)4/h9H,5-8,10-11H2,1-4H3,(H,17,18,21). The summed E-state index contributed by atoms with van der Waals surface area (Å²) in [4.78, 5) is 28.1. The second-order valence-electron chi connectivity index (χ2n) is 7.27. The lowest BCUT2D eigenvalue weighted by atomic mass is 9.91. The number of aromatic nitrogens is 1. The molecule has 0 aliphatic carbocycles. The van der Waals surface area contributed by atoms with E-state index in [1.807, 2.05) is 9.80 Å². The zero-order chi connectivity index (χ0) is 17.0. The summed E-state index contributed by atoms with van der Waals surface area (Å²) in [6, 6.07) is 1.68. The Kier molecular flexibility index (Phi) is 5.41. The number of carbonyl (C=O) groups excluding carboxylic acids is 2. The van der Waals surface area contributed by atoms with E-state index in [0.29, 0.717) is 50.7 Å². The molecule has 1 aliphatic heterocycles. The SMILES string of the molecule is Cc1cc(NC(=O)CN2CCN(C(=O)CC(C)(C)C)CC2)no1. The molecule has 2 amide bonds. The van der Waals surface area contributed by atoms with Crippen LogP contribution in [-0.2, 0) is 9.59 Å². The molecule has 1 fully saturated rings. The molecule has 0 unspecified atom stereocenters. The van der Waals surface area contributed by atoms with Crippen molar-refractivity contribution < 1.29 is 14.1 Å². The first-order chi connectivity index (χ1) is 10.7. The van der Waals surface area contributed by atoms with E-state index in [2.05, 4.69) is 31.2 Å². The van der Waals surface area contributed by atoms with Crippen molar-refractivity contribution >= 4 is 17.6 Å². The van der Waals surface area contributed by atoms with Gasteiger partial charge in [-0.15, -0.1) is 0 Å². The molecule has 0 spiro atoms. The van der Waals surface area contributed by atoms with Gasteiger partial charge in [-0.2, -0.15) is 0 Å². The van der Waals surface area contributed by atoms with Crippen molar-refractivity contribution in [2.45, 2.75) is 34.1 Å². The van der Waals surface area contributed by atoms with Gasteiger partial charge in [0.15, 0.2) is 5.82 Å². The van der Waals surface area contributed by atoms with E-state index in [-0.39, 0.29) is 17.2 Å². The molecule has 1 saturated heterocycles. The van der Waals surface area contributed by atoms with Crippen LogP contribution in [0.15, 0.2) is 10.6 Å². The summed E-state index contributed by atoms with van der Waals surface area (Å²) in [6.07, 6.45) is 0.555. The number of amides is 2. The highest BCUT2D eigenvalue weighted by Gasteiger charge is 2.25. The Balaban J connectivity index is 1.74. The molecule has 0 saturated carbocycles. The first kappa shape index (κ1) is 17.5. The van der Waals surface area contributed by atoms with Crippen LogP contribution < -0.4 is 5.32 Å². The van der Waals surface area contributed by atoms with Crippen LogP contribution in [0.25, 0.3) is 0 Å². The maximum absolute atomic E-state index is 12.2. The highest BCUT2D eigenvalue weighted by molar-refractivity contribution is 5.91. The number of hydrogen-bond donors (Lipinski definition) is 1. The third-order valence-corrected chi connectivity index (χ3v) is 3.67. The van der Waals surface area contributed by atoms with Gasteiger partial charge in [-0.05, 0) is 12.3 Å². The molecule has 128 valence electrons. The van der Waals surface area contributed by atoms with Crippen LogP contribution in [0.4, 0.5) is 5.82 Å². The molecule has 1 aliphatic rings. The average molecular weight is 322 g/mol. The predicted molar refractivity (Wildman–Crippen MR) is 87.0 cm³/mol. The molecular formula is C16H26N4O3. The molecule has 2 rings (SSSR count). The monoisotopic (exact) mass is 322 g/mol. The maximum Gasteiger partial charge on any atom is 0.239 e. The molecule has 1 aromatic heterocycles. The molecule has 2 heterocycles. The molecule has 7 heteroatoms. The summed E-state index contributed by atoms with van der Waals surface area (Å²) >= 11 is 0. The first-order valence-corrected chi connectivity index (χ1v) is 7.96. The molecule has 1 N–H and O–H groups in total. The normalized spacial score (nSPS) is 16.4. The Hall–Kier alpha value is -1.89. The van der Waals surface area contributed by atoms with E-state index >= 15 is 0 Å². The van der Waals surface area contributed by atoms with E-state index in [0.717, 1.165) is 0 Å². The third-order valence-electron chi connectivity index (χ3n) is 3.67. The summed E-state index contributed by atoms with van der Waals surface area (Å²) in [7, 11) is 0. The Morgan fingerprint density at radius 2 is 1.91 bits per heavy atom. The minimum atomic E-state index is -0.118. The minimum Gasteiger partial charge on any atom is -0.360 e. The summed E-state index contributed by atoms with van der Waals surface area (Å²) in [5.41, 5.74) is 0.00380. The van der Waals surface area contributed by atoms with Gasteiger partial charge in [-0.25, -0.2) is 0 Å². The van der Waals surface area contributed by atoms with E-state index in [9.17, 15) is 9.59 Å². The molecule has 23 heavy (non-hydrogen) atoms. The molecule has 0 atom stereocenters. The number of anilines is 1. The summed E-state index contributed by atoms with van der Waals surface area (Å²) in [5, 5.41) is 6.45. The molecule has 0 bridgehead atoms. The fourth-order valence-corrected chi connectivity index (χ4v) is 2.53. The average Bonchev–Trinajstić information content (AvgIpc) is 2.82. The van der Waals surface area contributed by atoms with Crippen molar-refractivity contribution in [3.8, 4) is 0 Å². The van der Waals surface area contributed by atoms with Crippen LogP contribution >= 0.6 is 0 Å². The second-order valence-corrected chi connectivity index (χ2v) is 7.27. The van der Waals surface area contributed by atoms with Gasteiger partial charge in [0.2, 0.25) is 11.8 Å². The minimum absolute atomic E-state index is 0.00380. The van der Waals surface area contributed by atoms with Crippen LogP contribution in [0, 0.1) is 12.3 Å². The Morgan fingerprint density at radius 3 is 2.43 bits per heavy atom. The van der Waals surface area contributed by atoms with Crippen LogP contribution in [-0.4, -0.2) is 59.5 Å². The van der Waals surface area contributed by atoms with Crippen LogP contribution in [0.1, 0.15) is 33.0 Å². The zero-order valence-electron chi connectivity index (χ0n) is 14.4. The summed E-state index contributed by atoms with van der Waals surface area (Å²) in [6.45, 7) is 11.0. The van der Waals surface area contributed by atoms with E-state index in [1.165, 1.54) is 0 Å². The summed E-state index contributed by atoms with van der Waals surface area (Å²) < 4.78 is 4.91. The number of nitrogens with zero attached hydrogens (tertiary/aromatic N) is 3. The number of aryl methyl sites for hydroxylation is 1. The highest BCUT2D eigenvalue weighted by Crippen LogP contribution is 2.20.